The summed E-state index contributed by atoms with van der Waals surface area (Å²) in [4.78, 5) is 4.52. The first-order chi connectivity index (χ1) is 8.78. The third-order valence-electron chi connectivity index (χ3n) is 3.30. The lowest BCUT2D eigenvalue weighted by atomic mass is 9.97. The Labute approximate surface area is 110 Å². The van der Waals surface area contributed by atoms with Gasteiger partial charge in [-0.1, -0.05) is 39.3 Å². The average molecular weight is 239 g/mol. The lowest BCUT2D eigenvalue weighted by molar-refractivity contribution is 0.863. The molecule has 0 saturated carbocycles. The van der Waals surface area contributed by atoms with Crippen LogP contribution in [0.5, 0.6) is 0 Å². The van der Waals surface area contributed by atoms with Crippen LogP contribution in [-0.2, 0) is 12.8 Å². The molecule has 1 aromatic heterocycles. The van der Waals surface area contributed by atoms with Gasteiger partial charge >= 0.3 is 0 Å². The van der Waals surface area contributed by atoms with Gasteiger partial charge in [0.05, 0.1) is 5.52 Å². The smallest absolute Gasteiger partial charge is 0.0705 e. The summed E-state index contributed by atoms with van der Waals surface area (Å²) in [6.45, 7) is 8.27. The number of nitrogens with zero attached hydrogens (tertiary/aromatic N) is 1. The van der Waals surface area contributed by atoms with Gasteiger partial charge in [-0.25, -0.2) is 0 Å². The van der Waals surface area contributed by atoms with Crippen LogP contribution in [0.25, 0.3) is 17.0 Å². The van der Waals surface area contributed by atoms with Crippen molar-refractivity contribution in [3.8, 4) is 0 Å². The van der Waals surface area contributed by atoms with E-state index in [1.54, 1.807) is 0 Å². The van der Waals surface area contributed by atoms with Crippen LogP contribution in [0, 0.1) is 0 Å². The highest BCUT2D eigenvalue weighted by atomic mass is 14.6. The average Bonchev–Trinajstić information content (AvgIpc) is 2.39. The minimum atomic E-state index is 1.09. The van der Waals surface area contributed by atoms with Crippen molar-refractivity contribution in [1.82, 2.24) is 4.98 Å². The quantitative estimate of drug-likeness (QED) is 0.731. The molecule has 0 amide bonds. The van der Waals surface area contributed by atoms with Crippen molar-refractivity contribution in [3.05, 3.63) is 47.7 Å². The maximum absolute atomic E-state index is 4.52. The summed E-state index contributed by atoms with van der Waals surface area (Å²) in [5, 5.41) is 1.23. The van der Waals surface area contributed by atoms with E-state index in [-0.39, 0.29) is 0 Å². The highest BCUT2D eigenvalue weighted by Gasteiger charge is 2.05. The Morgan fingerprint density at radius 2 is 1.72 bits per heavy atom. The Bertz CT molecular complexity index is 555. The zero-order chi connectivity index (χ0) is 13.0. The fraction of sp³-hybridized carbons (Fsp3) is 0.353. The predicted molar refractivity (Wildman–Crippen MR) is 79.8 cm³/mol. The van der Waals surface area contributed by atoms with Crippen molar-refractivity contribution in [2.45, 2.75) is 39.5 Å². The van der Waals surface area contributed by atoms with Crippen molar-refractivity contribution in [2.75, 3.05) is 0 Å². The van der Waals surface area contributed by atoms with Gasteiger partial charge in [0.25, 0.3) is 0 Å². The largest absolute Gasteiger partial charge is 0.256 e. The molecule has 18 heavy (non-hydrogen) atoms. The SMILES string of the molecule is C=Cc1cnc2cc(CCC)c(CCC)cc2c1. The fourth-order valence-electron chi connectivity index (χ4n) is 2.40. The molecule has 0 aliphatic rings. The zero-order valence-corrected chi connectivity index (χ0v) is 11.4. The van der Waals surface area contributed by atoms with Crippen LogP contribution in [0.4, 0.5) is 0 Å². The molecule has 1 heterocycles. The minimum Gasteiger partial charge on any atom is -0.256 e. The molecule has 1 heteroatoms. The van der Waals surface area contributed by atoms with E-state index < -0.39 is 0 Å². The third-order valence-corrected chi connectivity index (χ3v) is 3.30. The number of rotatable bonds is 5. The molecule has 0 atom stereocenters. The molecule has 0 fully saturated rings. The van der Waals surface area contributed by atoms with Crippen molar-refractivity contribution in [1.29, 1.82) is 0 Å². The van der Waals surface area contributed by atoms with Gasteiger partial charge in [0.1, 0.15) is 0 Å². The maximum atomic E-state index is 4.52. The monoisotopic (exact) mass is 239 g/mol. The first-order valence-electron chi connectivity index (χ1n) is 6.82. The molecule has 0 aliphatic heterocycles. The first kappa shape index (κ1) is 12.8. The van der Waals surface area contributed by atoms with E-state index in [1.807, 2.05) is 12.3 Å². The number of aromatic nitrogens is 1. The van der Waals surface area contributed by atoms with Crippen LogP contribution < -0.4 is 0 Å². The van der Waals surface area contributed by atoms with Crippen LogP contribution in [0.15, 0.2) is 31.0 Å². The van der Waals surface area contributed by atoms with Gasteiger partial charge in [-0.3, -0.25) is 4.98 Å². The highest BCUT2D eigenvalue weighted by Crippen LogP contribution is 2.22. The number of aryl methyl sites for hydroxylation is 2. The van der Waals surface area contributed by atoms with Crippen LogP contribution in [0.3, 0.4) is 0 Å². The van der Waals surface area contributed by atoms with Crippen LogP contribution in [0.1, 0.15) is 43.4 Å². The summed E-state index contributed by atoms with van der Waals surface area (Å²) < 4.78 is 0. The number of fused-ring (bicyclic) bond motifs is 1. The van der Waals surface area contributed by atoms with E-state index in [1.165, 1.54) is 29.4 Å². The predicted octanol–water partition coefficient (Wildman–Crippen LogP) is 4.78. The fourth-order valence-corrected chi connectivity index (χ4v) is 2.40. The van der Waals surface area contributed by atoms with E-state index in [9.17, 15) is 0 Å². The lowest BCUT2D eigenvalue weighted by Gasteiger charge is -2.10. The third kappa shape index (κ3) is 2.61. The first-order valence-corrected chi connectivity index (χ1v) is 6.82. The summed E-state index contributed by atoms with van der Waals surface area (Å²) in [6.07, 6.45) is 8.43. The van der Waals surface area contributed by atoms with Crippen molar-refractivity contribution in [3.63, 3.8) is 0 Å². The molecule has 0 spiro atoms. The molecule has 0 unspecified atom stereocenters. The Balaban J connectivity index is 2.55. The number of pyridine rings is 1. The Hall–Kier alpha value is -1.63. The number of benzene rings is 1. The van der Waals surface area contributed by atoms with Crippen LogP contribution in [0.2, 0.25) is 0 Å². The minimum absolute atomic E-state index is 1.09. The second kappa shape index (κ2) is 5.81. The molecule has 2 aromatic rings. The molecule has 0 radical (unpaired) electrons. The Morgan fingerprint density at radius 1 is 1.06 bits per heavy atom. The Kier molecular flexibility index (Phi) is 4.14. The molecule has 0 aliphatic carbocycles. The van der Waals surface area contributed by atoms with E-state index >= 15 is 0 Å². The molecule has 94 valence electrons. The van der Waals surface area contributed by atoms with Crippen molar-refractivity contribution >= 4 is 17.0 Å². The summed E-state index contributed by atoms with van der Waals surface area (Å²) >= 11 is 0. The molecule has 0 bridgehead atoms. The van der Waals surface area contributed by atoms with Gasteiger partial charge in [-0.15, -0.1) is 0 Å². The van der Waals surface area contributed by atoms with Crippen molar-refractivity contribution < 1.29 is 0 Å². The summed E-state index contributed by atoms with van der Waals surface area (Å²) in [6, 6.07) is 6.74. The normalized spacial score (nSPS) is 10.8. The van der Waals surface area contributed by atoms with Crippen LogP contribution >= 0.6 is 0 Å². The number of hydrogen-bond acceptors (Lipinski definition) is 1. The summed E-state index contributed by atoms with van der Waals surface area (Å²) in [5.74, 6) is 0. The zero-order valence-electron chi connectivity index (χ0n) is 11.4. The van der Waals surface area contributed by atoms with Gasteiger partial charge in [0.15, 0.2) is 0 Å². The van der Waals surface area contributed by atoms with E-state index in [4.69, 9.17) is 0 Å². The second-order valence-corrected chi connectivity index (χ2v) is 4.79. The molecular formula is C17H21N. The van der Waals surface area contributed by atoms with Gasteiger partial charge in [-0.2, -0.15) is 0 Å². The summed E-state index contributed by atoms with van der Waals surface area (Å²) in [7, 11) is 0. The second-order valence-electron chi connectivity index (χ2n) is 4.79. The lowest BCUT2D eigenvalue weighted by Crippen LogP contribution is -1.95. The molecule has 2 rings (SSSR count). The van der Waals surface area contributed by atoms with Crippen LogP contribution in [-0.4, -0.2) is 4.98 Å². The molecule has 0 saturated heterocycles. The van der Waals surface area contributed by atoms with Gasteiger partial charge < -0.3 is 0 Å². The van der Waals surface area contributed by atoms with E-state index in [2.05, 4.69) is 43.6 Å². The summed E-state index contributed by atoms with van der Waals surface area (Å²) in [5.41, 5.74) is 5.14. The highest BCUT2D eigenvalue weighted by molar-refractivity contribution is 5.82. The Morgan fingerprint density at radius 3 is 2.33 bits per heavy atom. The van der Waals surface area contributed by atoms with Crippen molar-refractivity contribution in [2.24, 2.45) is 0 Å². The molecular weight excluding hydrogens is 218 g/mol. The van der Waals surface area contributed by atoms with Gasteiger partial charge in [0.2, 0.25) is 0 Å². The van der Waals surface area contributed by atoms with Gasteiger partial charge in [-0.05, 0) is 47.7 Å². The molecule has 1 nitrogen and oxygen atoms in total. The van der Waals surface area contributed by atoms with E-state index in [0.29, 0.717) is 0 Å². The number of hydrogen-bond donors (Lipinski definition) is 0. The molecule has 1 aromatic carbocycles. The maximum Gasteiger partial charge on any atom is 0.0705 e. The van der Waals surface area contributed by atoms with Gasteiger partial charge in [0, 0.05) is 11.6 Å². The standard InChI is InChI=1S/C17H21N/c1-4-7-14-10-16-9-13(6-3)12-18-17(16)11-15(14)8-5-2/h6,9-12H,3-5,7-8H2,1-2H3. The molecule has 0 N–H and O–H groups in total. The topological polar surface area (TPSA) is 12.9 Å². The van der Waals surface area contributed by atoms with E-state index in [0.717, 1.165) is 23.9 Å².